The van der Waals surface area contributed by atoms with Gasteiger partial charge in [0, 0.05) is 25.2 Å². The van der Waals surface area contributed by atoms with Gasteiger partial charge in [-0.15, -0.1) is 0 Å². The summed E-state index contributed by atoms with van der Waals surface area (Å²) >= 11 is 0. The van der Waals surface area contributed by atoms with Crippen LogP contribution in [0, 0.1) is 0 Å². The molecular formula is C15H22N2O3. The first-order valence-electron chi connectivity index (χ1n) is 6.93. The zero-order valence-corrected chi connectivity index (χ0v) is 12.2. The first kappa shape index (κ1) is 14.7. The molecule has 1 aliphatic rings. The predicted octanol–water partition coefficient (Wildman–Crippen LogP) is 2.29. The Labute approximate surface area is 119 Å². The molecule has 0 bridgehead atoms. The number of carbonyl (C=O) groups is 1. The molecule has 1 aromatic rings. The smallest absolute Gasteiger partial charge is 0.335 e. The Morgan fingerprint density at radius 2 is 2.25 bits per heavy atom. The number of hydrogen-bond acceptors (Lipinski definition) is 4. The molecule has 0 radical (unpaired) electrons. The van der Waals surface area contributed by atoms with E-state index in [1.165, 1.54) is 0 Å². The third kappa shape index (κ3) is 3.22. The van der Waals surface area contributed by atoms with Crippen molar-refractivity contribution in [2.45, 2.75) is 32.4 Å². The number of carboxylic acid groups (broad SMARTS) is 1. The highest BCUT2D eigenvalue weighted by Gasteiger charge is 2.24. The maximum absolute atomic E-state index is 11.1. The van der Waals surface area contributed by atoms with Gasteiger partial charge < -0.3 is 15.2 Å². The Kier molecular flexibility index (Phi) is 4.49. The molecular weight excluding hydrogens is 256 g/mol. The minimum Gasteiger partial charge on any atom is -0.495 e. The van der Waals surface area contributed by atoms with Crippen LogP contribution in [-0.4, -0.2) is 48.3 Å². The molecule has 2 rings (SSSR count). The van der Waals surface area contributed by atoms with Gasteiger partial charge in [-0.3, -0.25) is 4.90 Å². The zero-order chi connectivity index (χ0) is 14.7. The standard InChI is InChI=1S/C15H22N2O3/c1-10(2)17-7-6-12(9-17)16-13-8-11(15(18)19)4-5-14(13)20-3/h4-5,8,10,12,16H,6-7,9H2,1-3H3,(H,18,19). The molecule has 5 nitrogen and oxygen atoms in total. The molecule has 0 saturated carbocycles. The van der Waals surface area contributed by atoms with Gasteiger partial charge in [0.05, 0.1) is 18.4 Å². The normalized spacial score (nSPS) is 19.3. The van der Waals surface area contributed by atoms with Crippen LogP contribution in [0.4, 0.5) is 5.69 Å². The van der Waals surface area contributed by atoms with Gasteiger partial charge in [0.2, 0.25) is 0 Å². The Hall–Kier alpha value is -1.75. The van der Waals surface area contributed by atoms with Crippen molar-refractivity contribution >= 4 is 11.7 Å². The Morgan fingerprint density at radius 3 is 2.80 bits per heavy atom. The van der Waals surface area contributed by atoms with E-state index in [1.54, 1.807) is 25.3 Å². The summed E-state index contributed by atoms with van der Waals surface area (Å²) in [6.07, 6.45) is 1.05. The maximum atomic E-state index is 11.1. The second kappa shape index (κ2) is 6.13. The quantitative estimate of drug-likeness (QED) is 0.865. The molecule has 0 amide bonds. The molecule has 110 valence electrons. The number of methoxy groups -OCH3 is 1. The minimum absolute atomic E-state index is 0.270. The molecule has 0 aromatic heterocycles. The summed E-state index contributed by atoms with van der Waals surface area (Å²) in [5.41, 5.74) is 1.02. The number of ether oxygens (including phenoxy) is 1. The lowest BCUT2D eigenvalue weighted by Gasteiger charge is -2.21. The van der Waals surface area contributed by atoms with Crippen molar-refractivity contribution in [2.75, 3.05) is 25.5 Å². The maximum Gasteiger partial charge on any atom is 0.335 e. The fraction of sp³-hybridized carbons (Fsp3) is 0.533. The van der Waals surface area contributed by atoms with Crippen molar-refractivity contribution in [3.63, 3.8) is 0 Å². The number of rotatable bonds is 5. The molecule has 1 atom stereocenters. The Bertz CT molecular complexity index is 488. The second-order valence-electron chi connectivity index (χ2n) is 5.44. The van der Waals surface area contributed by atoms with E-state index in [9.17, 15) is 4.79 Å². The summed E-state index contributed by atoms with van der Waals surface area (Å²) < 4.78 is 5.30. The van der Waals surface area contributed by atoms with Crippen LogP contribution in [0.2, 0.25) is 0 Å². The summed E-state index contributed by atoms with van der Waals surface area (Å²) in [5.74, 6) is -0.246. The number of likely N-dealkylation sites (tertiary alicyclic amines) is 1. The summed E-state index contributed by atoms with van der Waals surface area (Å²) in [6, 6.07) is 5.76. The molecule has 5 heteroatoms. The van der Waals surface area contributed by atoms with E-state index in [0.29, 0.717) is 17.8 Å². The number of nitrogens with one attached hydrogen (secondary N) is 1. The molecule has 1 aliphatic heterocycles. The fourth-order valence-corrected chi connectivity index (χ4v) is 2.55. The van der Waals surface area contributed by atoms with Crippen LogP contribution in [-0.2, 0) is 0 Å². The van der Waals surface area contributed by atoms with Crippen LogP contribution in [0.5, 0.6) is 5.75 Å². The van der Waals surface area contributed by atoms with E-state index in [-0.39, 0.29) is 5.56 Å². The van der Waals surface area contributed by atoms with E-state index < -0.39 is 5.97 Å². The second-order valence-corrected chi connectivity index (χ2v) is 5.44. The fourth-order valence-electron chi connectivity index (χ4n) is 2.55. The highest BCUT2D eigenvalue weighted by atomic mass is 16.5. The van der Waals surface area contributed by atoms with Gasteiger partial charge in [0.1, 0.15) is 5.75 Å². The van der Waals surface area contributed by atoms with Gasteiger partial charge in [0.25, 0.3) is 0 Å². The molecule has 1 heterocycles. The van der Waals surface area contributed by atoms with Crippen molar-refractivity contribution < 1.29 is 14.6 Å². The van der Waals surface area contributed by atoms with Crippen LogP contribution < -0.4 is 10.1 Å². The van der Waals surface area contributed by atoms with Gasteiger partial charge in [-0.25, -0.2) is 4.79 Å². The zero-order valence-electron chi connectivity index (χ0n) is 12.2. The molecule has 1 saturated heterocycles. The molecule has 20 heavy (non-hydrogen) atoms. The van der Waals surface area contributed by atoms with E-state index in [4.69, 9.17) is 9.84 Å². The minimum atomic E-state index is -0.925. The van der Waals surface area contributed by atoms with Crippen LogP contribution >= 0.6 is 0 Å². The average Bonchev–Trinajstić information content (AvgIpc) is 2.87. The first-order chi connectivity index (χ1) is 9.51. The summed E-state index contributed by atoms with van der Waals surface area (Å²) in [5, 5.41) is 12.5. The van der Waals surface area contributed by atoms with Gasteiger partial charge in [0.15, 0.2) is 0 Å². The molecule has 1 fully saturated rings. The van der Waals surface area contributed by atoms with Gasteiger partial charge in [-0.2, -0.15) is 0 Å². The lowest BCUT2D eigenvalue weighted by Crippen LogP contribution is -2.31. The Balaban J connectivity index is 2.12. The van der Waals surface area contributed by atoms with Crippen LogP contribution in [0.1, 0.15) is 30.6 Å². The van der Waals surface area contributed by atoms with Gasteiger partial charge >= 0.3 is 5.97 Å². The third-order valence-electron chi connectivity index (χ3n) is 3.76. The summed E-state index contributed by atoms with van der Waals surface area (Å²) in [4.78, 5) is 13.5. The number of nitrogens with zero attached hydrogens (tertiary/aromatic N) is 1. The molecule has 2 N–H and O–H groups in total. The lowest BCUT2D eigenvalue weighted by molar-refractivity contribution is 0.0697. The van der Waals surface area contributed by atoms with Gasteiger partial charge in [-0.1, -0.05) is 0 Å². The van der Waals surface area contributed by atoms with E-state index in [1.807, 2.05) is 0 Å². The summed E-state index contributed by atoms with van der Waals surface area (Å²) in [7, 11) is 1.59. The van der Waals surface area contributed by atoms with Crippen molar-refractivity contribution in [2.24, 2.45) is 0 Å². The number of hydrogen-bond donors (Lipinski definition) is 2. The molecule has 0 aliphatic carbocycles. The lowest BCUT2D eigenvalue weighted by atomic mass is 10.1. The van der Waals surface area contributed by atoms with Crippen molar-refractivity contribution in [3.05, 3.63) is 23.8 Å². The molecule has 0 spiro atoms. The molecule has 1 aromatic carbocycles. The van der Waals surface area contributed by atoms with Crippen molar-refractivity contribution in [3.8, 4) is 5.75 Å². The number of carboxylic acids is 1. The highest BCUT2D eigenvalue weighted by Crippen LogP contribution is 2.28. The summed E-state index contributed by atoms with van der Waals surface area (Å²) in [6.45, 7) is 6.41. The number of anilines is 1. The number of benzene rings is 1. The van der Waals surface area contributed by atoms with E-state index >= 15 is 0 Å². The third-order valence-corrected chi connectivity index (χ3v) is 3.76. The average molecular weight is 278 g/mol. The number of aromatic carboxylic acids is 1. The predicted molar refractivity (Wildman–Crippen MR) is 78.7 cm³/mol. The van der Waals surface area contributed by atoms with E-state index in [2.05, 4.69) is 24.1 Å². The van der Waals surface area contributed by atoms with Crippen LogP contribution in [0.15, 0.2) is 18.2 Å². The van der Waals surface area contributed by atoms with Crippen LogP contribution in [0.25, 0.3) is 0 Å². The van der Waals surface area contributed by atoms with Crippen molar-refractivity contribution in [1.29, 1.82) is 0 Å². The van der Waals surface area contributed by atoms with Crippen LogP contribution in [0.3, 0.4) is 0 Å². The van der Waals surface area contributed by atoms with E-state index in [0.717, 1.165) is 25.2 Å². The highest BCUT2D eigenvalue weighted by molar-refractivity contribution is 5.89. The van der Waals surface area contributed by atoms with Crippen molar-refractivity contribution in [1.82, 2.24) is 4.90 Å². The molecule has 1 unspecified atom stereocenters. The topological polar surface area (TPSA) is 61.8 Å². The Morgan fingerprint density at radius 1 is 1.50 bits per heavy atom. The monoisotopic (exact) mass is 278 g/mol. The van der Waals surface area contributed by atoms with Gasteiger partial charge in [-0.05, 0) is 38.5 Å². The largest absolute Gasteiger partial charge is 0.495 e. The SMILES string of the molecule is COc1ccc(C(=O)O)cc1NC1CCN(C(C)C)C1. The first-order valence-corrected chi connectivity index (χ1v) is 6.93.